The minimum Gasteiger partial charge on any atom is -0.468 e. The lowest BCUT2D eigenvalue weighted by molar-refractivity contribution is -0.141. The quantitative estimate of drug-likeness (QED) is 0.551. The first-order chi connectivity index (χ1) is 8.79. The van der Waals surface area contributed by atoms with Gasteiger partial charge in [-0.15, -0.1) is 5.10 Å². The number of carbonyl (C=O) groups excluding carboxylic acids is 1. The van der Waals surface area contributed by atoms with E-state index in [1.54, 1.807) is 0 Å². The molecule has 0 spiro atoms. The maximum absolute atomic E-state index is 11.1. The molecule has 0 radical (unpaired) electrons. The number of methoxy groups -OCH3 is 1. The third kappa shape index (κ3) is 3.67. The molecule has 0 aromatic carbocycles. The molecule has 0 amide bonds. The minimum absolute atomic E-state index is 0.0474. The van der Waals surface area contributed by atoms with Gasteiger partial charge in [0.1, 0.15) is 6.54 Å². The molecule has 100 valence electrons. The average Bonchev–Trinajstić information content (AvgIpc) is 3.01. The highest BCUT2D eigenvalue weighted by molar-refractivity contribution is 7.99. The van der Waals surface area contributed by atoms with Crippen LogP contribution >= 0.6 is 11.8 Å². The molecule has 2 heterocycles. The van der Waals surface area contributed by atoms with Crippen molar-refractivity contribution in [1.29, 1.82) is 0 Å². The Morgan fingerprint density at radius 1 is 1.67 bits per heavy atom. The van der Waals surface area contributed by atoms with E-state index in [1.807, 2.05) is 0 Å². The normalized spacial score (nSPS) is 19.1. The lowest BCUT2D eigenvalue weighted by atomic mass is 10.2. The van der Waals surface area contributed by atoms with Crippen LogP contribution in [0.2, 0.25) is 0 Å². The number of ether oxygens (including phenoxy) is 2. The Balaban J connectivity index is 1.78. The maximum Gasteiger partial charge on any atom is 0.327 e. The first-order valence-corrected chi connectivity index (χ1v) is 6.85. The van der Waals surface area contributed by atoms with Gasteiger partial charge in [-0.2, -0.15) is 0 Å². The van der Waals surface area contributed by atoms with E-state index in [0.717, 1.165) is 31.6 Å². The van der Waals surface area contributed by atoms with Crippen molar-refractivity contribution in [2.45, 2.75) is 37.1 Å². The summed E-state index contributed by atoms with van der Waals surface area (Å²) in [6, 6.07) is 0. The smallest absolute Gasteiger partial charge is 0.327 e. The van der Waals surface area contributed by atoms with Gasteiger partial charge in [0.25, 0.3) is 0 Å². The van der Waals surface area contributed by atoms with Crippen molar-refractivity contribution in [1.82, 2.24) is 20.2 Å². The number of hydrogen-bond donors (Lipinski definition) is 0. The van der Waals surface area contributed by atoms with Crippen LogP contribution in [0.1, 0.15) is 19.3 Å². The van der Waals surface area contributed by atoms with Crippen LogP contribution < -0.4 is 0 Å². The van der Waals surface area contributed by atoms with Crippen LogP contribution in [0.5, 0.6) is 0 Å². The number of aromatic nitrogens is 4. The zero-order valence-electron chi connectivity index (χ0n) is 10.2. The van der Waals surface area contributed by atoms with Gasteiger partial charge in [0.15, 0.2) is 0 Å². The minimum atomic E-state index is -0.358. The third-order valence-electron chi connectivity index (χ3n) is 2.70. The van der Waals surface area contributed by atoms with Crippen molar-refractivity contribution >= 4 is 17.7 Å². The Morgan fingerprint density at radius 2 is 2.56 bits per heavy atom. The van der Waals surface area contributed by atoms with Gasteiger partial charge < -0.3 is 9.47 Å². The molecular weight excluding hydrogens is 256 g/mol. The van der Waals surface area contributed by atoms with Gasteiger partial charge in [-0.05, 0) is 29.7 Å². The third-order valence-corrected chi connectivity index (χ3v) is 3.69. The van der Waals surface area contributed by atoms with Crippen molar-refractivity contribution in [3.05, 3.63) is 0 Å². The molecule has 2 rings (SSSR count). The second kappa shape index (κ2) is 6.69. The zero-order chi connectivity index (χ0) is 12.8. The molecule has 1 atom stereocenters. The molecule has 1 saturated heterocycles. The summed E-state index contributed by atoms with van der Waals surface area (Å²) in [6.07, 6.45) is 3.63. The van der Waals surface area contributed by atoms with E-state index >= 15 is 0 Å². The molecule has 0 aliphatic carbocycles. The van der Waals surface area contributed by atoms with Crippen molar-refractivity contribution in [2.75, 3.05) is 19.5 Å². The Labute approximate surface area is 109 Å². The van der Waals surface area contributed by atoms with E-state index < -0.39 is 0 Å². The highest BCUT2D eigenvalue weighted by Crippen LogP contribution is 2.21. The molecule has 0 bridgehead atoms. The topological polar surface area (TPSA) is 79.1 Å². The summed E-state index contributed by atoms with van der Waals surface area (Å²) in [4.78, 5) is 11.1. The molecule has 1 unspecified atom stereocenters. The number of rotatable bonds is 6. The number of esters is 1. The summed E-state index contributed by atoms with van der Waals surface area (Å²) in [7, 11) is 1.34. The molecule has 0 saturated carbocycles. The van der Waals surface area contributed by atoms with Gasteiger partial charge in [0.05, 0.1) is 13.2 Å². The summed E-state index contributed by atoms with van der Waals surface area (Å²) in [5, 5.41) is 11.8. The van der Waals surface area contributed by atoms with Crippen LogP contribution in [-0.2, 0) is 20.8 Å². The zero-order valence-corrected chi connectivity index (χ0v) is 11.1. The molecule has 1 aromatic heterocycles. The Morgan fingerprint density at radius 3 is 3.28 bits per heavy atom. The first-order valence-electron chi connectivity index (χ1n) is 5.87. The Kier molecular flexibility index (Phi) is 4.94. The maximum atomic E-state index is 11.1. The fraction of sp³-hybridized carbons (Fsp3) is 0.800. The van der Waals surface area contributed by atoms with Gasteiger partial charge >= 0.3 is 5.97 Å². The lowest BCUT2D eigenvalue weighted by Gasteiger charge is -2.08. The second-order valence-electron chi connectivity index (χ2n) is 3.97. The molecule has 1 aliphatic rings. The SMILES string of the molecule is COC(=O)Cn1nnnc1SCCC1CCCO1. The fourth-order valence-electron chi connectivity index (χ4n) is 1.74. The summed E-state index contributed by atoms with van der Waals surface area (Å²) in [5.74, 6) is 0.523. The van der Waals surface area contributed by atoms with E-state index in [1.165, 1.54) is 23.6 Å². The molecule has 1 fully saturated rings. The largest absolute Gasteiger partial charge is 0.468 e. The van der Waals surface area contributed by atoms with E-state index in [4.69, 9.17) is 4.74 Å². The second-order valence-corrected chi connectivity index (χ2v) is 5.03. The summed E-state index contributed by atoms with van der Waals surface area (Å²) >= 11 is 1.53. The van der Waals surface area contributed by atoms with Crippen molar-refractivity contribution in [3.63, 3.8) is 0 Å². The highest BCUT2D eigenvalue weighted by atomic mass is 32.2. The van der Waals surface area contributed by atoms with Crippen molar-refractivity contribution in [2.24, 2.45) is 0 Å². The monoisotopic (exact) mass is 272 g/mol. The Hall–Kier alpha value is -1.15. The standard InChI is InChI=1S/C10H16N4O3S/c1-16-9(15)7-14-10(11-12-13-14)18-6-4-8-3-2-5-17-8/h8H,2-7H2,1H3. The van der Waals surface area contributed by atoms with Crippen molar-refractivity contribution < 1.29 is 14.3 Å². The van der Waals surface area contributed by atoms with E-state index in [2.05, 4.69) is 20.3 Å². The van der Waals surface area contributed by atoms with Crippen LogP contribution in [0, 0.1) is 0 Å². The summed E-state index contributed by atoms with van der Waals surface area (Å²) in [5.41, 5.74) is 0. The highest BCUT2D eigenvalue weighted by Gasteiger charge is 2.16. The van der Waals surface area contributed by atoms with Gasteiger partial charge in [-0.3, -0.25) is 4.79 Å². The van der Waals surface area contributed by atoms with Crippen LogP contribution in [0.25, 0.3) is 0 Å². The molecule has 0 N–H and O–H groups in total. The molecule has 1 aliphatic heterocycles. The predicted molar refractivity (Wildman–Crippen MR) is 64.1 cm³/mol. The van der Waals surface area contributed by atoms with Crippen LogP contribution in [0.3, 0.4) is 0 Å². The van der Waals surface area contributed by atoms with Crippen molar-refractivity contribution in [3.8, 4) is 0 Å². The van der Waals surface area contributed by atoms with E-state index in [0.29, 0.717) is 11.3 Å². The van der Waals surface area contributed by atoms with E-state index in [9.17, 15) is 4.79 Å². The fourth-order valence-corrected chi connectivity index (χ4v) is 2.65. The summed E-state index contributed by atoms with van der Waals surface area (Å²) < 4.78 is 11.6. The molecular formula is C10H16N4O3S. The molecule has 18 heavy (non-hydrogen) atoms. The predicted octanol–water partition coefficient (Wildman–Crippen LogP) is 0.507. The van der Waals surface area contributed by atoms with Crippen LogP contribution in [0.4, 0.5) is 0 Å². The number of carbonyl (C=O) groups is 1. The van der Waals surface area contributed by atoms with Gasteiger partial charge in [0, 0.05) is 12.4 Å². The lowest BCUT2D eigenvalue weighted by Crippen LogP contribution is -2.14. The molecule has 8 heteroatoms. The number of thioether (sulfide) groups is 1. The summed E-state index contributed by atoms with van der Waals surface area (Å²) in [6.45, 7) is 0.918. The van der Waals surface area contributed by atoms with Gasteiger partial charge in [0.2, 0.25) is 5.16 Å². The number of hydrogen-bond acceptors (Lipinski definition) is 7. The number of nitrogens with zero attached hydrogens (tertiary/aromatic N) is 4. The Bertz CT molecular complexity index is 392. The first kappa shape index (κ1) is 13.3. The van der Waals surface area contributed by atoms with Crippen LogP contribution in [-0.4, -0.2) is 51.8 Å². The average molecular weight is 272 g/mol. The molecule has 1 aromatic rings. The molecule has 7 nitrogen and oxygen atoms in total. The van der Waals surface area contributed by atoms with Gasteiger partial charge in [-0.25, -0.2) is 4.68 Å². The van der Waals surface area contributed by atoms with Crippen LogP contribution in [0.15, 0.2) is 5.16 Å². The number of tetrazole rings is 1. The van der Waals surface area contributed by atoms with E-state index in [-0.39, 0.29) is 12.5 Å². The van der Waals surface area contributed by atoms with Gasteiger partial charge in [-0.1, -0.05) is 11.8 Å².